The van der Waals surface area contributed by atoms with Gasteiger partial charge in [-0.05, 0) is 39.3 Å². The number of aromatic nitrogens is 1. The highest BCUT2D eigenvalue weighted by Gasteiger charge is 2.68. The van der Waals surface area contributed by atoms with E-state index in [9.17, 15) is 32.4 Å². The molecule has 248 valence electrons. The molecule has 0 unspecified atom stereocenters. The lowest BCUT2D eigenvalue weighted by Crippen LogP contribution is -2.71. The van der Waals surface area contributed by atoms with Gasteiger partial charge in [0.05, 0.1) is 11.2 Å². The Morgan fingerprint density at radius 2 is 1.72 bits per heavy atom. The van der Waals surface area contributed by atoms with Gasteiger partial charge in [-0.1, -0.05) is 36.4 Å². The first kappa shape index (κ1) is 32.6. The van der Waals surface area contributed by atoms with Gasteiger partial charge in [0.1, 0.15) is 28.9 Å². The summed E-state index contributed by atoms with van der Waals surface area (Å²) in [6.45, 7) is 5.38. The maximum Gasteiger partial charge on any atom is 0.333 e. The van der Waals surface area contributed by atoms with Crippen molar-refractivity contribution in [2.24, 2.45) is 4.99 Å². The molecule has 16 heteroatoms. The van der Waals surface area contributed by atoms with Crippen LogP contribution in [0.15, 0.2) is 59.9 Å². The first-order valence-corrected chi connectivity index (χ1v) is 17.3. The van der Waals surface area contributed by atoms with E-state index in [0.29, 0.717) is 11.1 Å². The number of ether oxygens (including phenoxy) is 2. The average Bonchev–Trinajstić information content (AvgIpc) is 3.35. The third kappa shape index (κ3) is 5.36. The molecule has 3 amide bonds. The fourth-order valence-electron chi connectivity index (χ4n) is 6.42. The molecule has 4 fully saturated rings. The summed E-state index contributed by atoms with van der Waals surface area (Å²) >= 11 is 1.32. The third-order valence-electron chi connectivity index (χ3n) is 8.98. The zero-order valence-corrected chi connectivity index (χ0v) is 27.6. The molecule has 4 aliphatic rings. The van der Waals surface area contributed by atoms with Crippen molar-refractivity contribution < 1.29 is 41.9 Å². The molecule has 6 atom stereocenters. The maximum atomic E-state index is 13.5. The molecule has 0 aliphatic carbocycles. The van der Waals surface area contributed by atoms with Gasteiger partial charge in [0.2, 0.25) is 24.5 Å². The Balaban J connectivity index is 1.09. The number of carbonyl (C=O) groups excluding carboxylic acids is 5. The molecule has 0 saturated carbocycles. The summed E-state index contributed by atoms with van der Waals surface area (Å²) < 4.78 is 33.6. The fourth-order valence-corrected chi connectivity index (χ4v) is 10.2. The molecule has 0 bridgehead atoms. The van der Waals surface area contributed by atoms with E-state index in [1.165, 1.54) is 36.7 Å². The molecule has 2 aromatic rings. The molecular formula is C31H33N5O9S2. The SMILES string of the molecule is CC1(C)S[C@H]2[C@@H](NC(=O)[C@H](N=Cc3cccnc3)c3ccccc3)C(=O)N2[C@@H]1C(=O)OCOC(=O)[C@H]1N2C(=O)C[C@@H]2S(=O)(=O)C1(C)C. The minimum atomic E-state index is -3.82. The highest BCUT2D eigenvalue weighted by molar-refractivity contribution is 8.01. The summed E-state index contributed by atoms with van der Waals surface area (Å²) in [5.41, 5.74) is 1.32. The van der Waals surface area contributed by atoms with Gasteiger partial charge in [-0.2, -0.15) is 0 Å². The van der Waals surface area contributed by atoms with E-state index in [1.54, 1.807) is 62.6 Å². The second-order valence-corrected chi connectivity index (χ2v) is 17.1. The molecule has 0 radical (unpaired) electrons. The lowest BCUT2D eigenvalue weighted by molar-refractivity contribution is -0.181. The number of β-lactam (4-membered cyclic amide) rings is 2. The number of aliphatic imine (C=N–C) groups is 1. The van der Waals surface area contributed by atoms with Crippen LogP contribution in [0.3, 0.4) is 0 Å². The van der Waals surface area contributed by atoms with Crippen molar-refractivity contribution >= 4 is 57.5 Å². The normalized spacial score (nSPS) is 28.5. The van der Waals surface area contributed by atoms with E-state index in [0.717, 1.165) is 4.90 Å². The molecule has 14 nitrogen and oxygen atoms in total. The number of nitrogens with zero attached hydrogens (tertiary/aromatic N) is 4. The van der Waals surface area contributed by atoms with E-state index >= 15 is 0 Å². The highest BCUT2D eigenvalue weighted by Crippen LogP contribution is 2.51. The van der Waals surface area contributed by atoms with Crippen molar-refractivity contribution in [3.05, 3.63) is 66.0 Å². The Kier molecular flexibility index (Phi) is 8.15. The Morgan fingerprint density at radius 1 is 1.04 bits per heavy atom. The van der Waals surface area contributed by atoms with Crippen LogP contribution >= 0.6 is 11.8 Å². The topological polar surface area (TPSA) is 182 Å². The molecule has 4 saturated heterocycles. The van der Waals surface area contributed by atoms with Crippen LogP contribution in [0.2, 0.25) is 0 Å². The lowest BCUT2D eigenvalue weighted by atomic mass is 9.95. The van der Waals surface area contributed by atoms with Gasteiger partial charge in [0.15, 0.2) is 15.9 Å². The van der Waals surface area contributed by atoms with Crippen LogP contribution in [0.1, 0.15) is 51.3 Å². The van der Waals surface area contributed by atoms with Gasteiger partial charge in [-0.25, -0.2) is 18.0 Å². The maximum absolute atomic E-state index is 13.5. The number of carbonyl (C=O) groups is 5. The first-order chi connectivity index (χ1) is 22.2. The van der Waals surface area contributed by atoms with Gasteiger partial charge in [0, 0.05) is 28.9 Å². The van der Waals surface area contributed by atoms with Crippen molar-refractivity contribution in [1.29, 1.82) is 0 Å². The Bertz CT molecular complexity index is 1770. The highest BCUT2D eigenvalue weighted by atomic mass is 32.2. The van der Waals surface area contributed by atoms with Crippen LogP contribution in [-0.2, 0) is 43.3 Å². The number of thioether (sulfide) groups is 1. The van der Waals surface area contributed by atoms with Crippen molar-refractivity contribution in [3.8, 4) is 0 Å². The van der Waals surface area contributed by atoms with E-state index in [4.69, 9.17) is 9.47 Å². The summed E-state index contributed by atoms with van der Waals surface area (Å²) in [4.78, 5) is 76.1. The van der Waals surface area contributed by atoms with Crippen LogP contribution in [0.25, 0.3) is 0 Å². The zero-order chi connectivity index (χ0) is 33.9. The summed E-state index contributed by atoms with van der Waals surface area (Å²) in [6.07, 6.45) is 4.57. The molecule has 1 aromatic heterocycles. The molecule has 1 N–H and O–H groups in total. The van der Waals surface area contributed by atoms with Gasteiger partial charge in [-0.3, -0.25) is 24.4 Å². The third-order valence-corrected chi connectivity index (χ3v) is 13.4. The first-order valence-electron chi connectivity index (χ1n) is 14.8. The van der Waals surface area contributed by atoms with Crippen molar-refractivity contribution in [1.82, 2.24) is 20.1 Å². The van der Waals surface area contributed by atoms with Gasteiger partial charge >= 0.3 is 11.9 Å². The molecular weight excluding hydrogens is 651 g/mol. The molecule has 0 spiro atoms. The Morgan fingerprint density at radius 3 is 2.36 bits per heavy atom. The second-order valence-electron chi connectivity index (χ2n) is 12.7. The summed E-state index contributed by atoms with van der Waals surface area (Å²) in [7, 11) is -3.82. The number of hydrogen-bond acceptors (Lipinski definition) is 12. The number of pyridine rings is 1. The summed E-state index contributed by atoms with van der Waals surface area (Å²) in [5.74, 6) is -3.31. The second kappa shape index (κ2) is 11.7. The number of fused-ring (bicyclic) bond motifs is 2. The van der Waals surface area contributed by atoms with Crippen molar-refractivity contribution in [2.45, 2.75) is 78.5 Å². The summed E-state index contributed by atoms with van der Waals surface area (Å²) in [5, 5.41) is 1.15. The monoisotopic (exact) mass is 683 g/mol. The van der Waals surface area contributed by atoms with Crippen LogP contribution in [-0.4, -0.2) is 104 Å². The van der Waals surface area contributed by atoms with Crippen molar-refractivity contribution in [3.63, 3.8) is 0 Å². The van der Waals surface area contributed by atoms with Crippen LogP contribution < -0.4 is 5.32 Å². The predicted octanol–water partition coefficient (Wildman–Crippen LogP) is 0.967. The van der Waals surface area contributed by atoms with E-state index in [-0.39, 0.29) is 6.42 Å². The minimum Gasteiger partial charge on any atom is -0.426 e. The number of sulfone groups is 1. The van der Waals surface area contributed by atoms with Gasteiger partial charge < -0.3 is 24.6 Å². The van der Waals surface area contributed by atoms with E-state index in [1.807, 2.05) is 6.07 Å². The minimum absolute atomic E-state index is 0.197. The van der Waals surface area contributed by atoms with Crippen LogP contribution in [0.4, 0.5) is 0 Å². The number of benzene rings is 1. The average molecular weight is 684 g/mol. The molecule has 1 aromatic carbocycles. The van der Waals surface area contributed by atoms with Gasteiger partial charge in [-0.15, -0.1) is 11.8 Å². The Labute approximate surface area is 275 Å². The molecule has 4 aliphatic heterocycles. The number of nitrogens with one attached hydrogen (secondary N) is 1. The zero-order valence-electron chi connectivity index (χ0n) is 25.9. The quantitative estimate of drug-likeness (QED) is 0.172. The number of esters is 2. The molecule has 47 heavy (non-hydrogen) atoms. The standard InChI is InChI=1S/C31H33N5O9S2/c1-30(2)23(28(40)44-16-45-29(41)24-31(3,4)47(42,43)20-13-19(37)35(20)24)36-26(39)22(27(36)46-30)34-25(38)21(18-10-6-5-7-11-18)33-15-17-9-8-12-32-14-17/h5-12,14-15,20-24,27H,13,16H2,1-4H3,(H,34,38)/t20-,21+,22-,23+,24+,27-/m0/s1. The summed E-state index contributed by atoms with van der Waals surface area (Å²) in [6, 6.07) is 8.14. The van der Waals surface area contributed by atoms with Crippen LogP contribution in [0, 0.1) is 0 Å². The van der Waals surface area contributed by atoms with E-state index in [2.05, 4.69) is 15.3 Å². The number of amides is 3. The fraction of sp³-hybridized carbons (Fsp3) is 0.452. The lowest BCUT2D eigenvalue weighted by Gasteiger charge is -2.44. The Hall–Kier alpha value is -4.31. The van der Waals surface area contributed by atoms with E-state index < -0.39 is 90.7 Å². The predicted molar refractivity (Wildman–Crippen MR) is 168 cm³/mol. The van der Waals surface area contributed by atoms with Gasteiger partial charge in [0.25, 0.3) is 0 Å². The molecule has 6 rings (SSSR count). The smallest absolute Gasteiger partial charge is 0.333 e. The number of rotatable bonds is 9. The van der Waals surface area contributed by atoms with Crippen molar-refractivity contribution in [2.75, 3.05) is 6.79 Å². The largest absolute Gasteiger partial charge is 0.426 e. The number of hydrogen-bond donors (Lipinski definition) is 1. The molecule has 5 heterocycles. The van der Waals surface area contributed by atoms with Crippen LogP contribution in [0.5, 0.6) is 0 Å².